The number of nitrogens with two attached hydrogens (primary N) is 1. The first-order valence-corrected chi connectivity index (χ1v) is 6.18. The number of nitrogens with zero attached hydrogens (tertiary/aromatic N) is 4. The van der Waals surface area contributed by atoms with Gasteiger partial charge in [-0.1, -0.05) is 17.7 Å². The van der Waals surface area contributed by atoms with Crippen molar-refractivity contribution in [2.75, 3.05) is 0 Å². The Hall–Kier alpha value is -2.27. The lowest BCUT2D eigenvalue weighted by molar-refractivity contribution is 0.811. The van der Waals surface area contributed by atoms with E-state index >= 15 is 0 Å². The van der Waals surface area contributed by atoms with Crippen molar-refractivity contribution in [3.8, 4) is 11.3 Å². The molecule has 0 aliphatic carbocycles. The average molecular weight is 253 g/mol. The van der Waals surface area contributed by atoms with Gasteiger partial charge in [-0.25, -0.2) is 0 Å². The molecule has 5 heteroatoms. The summed E-state index contributed by atoms with van der Waals surface area (Å²) in [5.74, 6) is 0.669. The standard InChI is InChI=1S/C14H15N5/c1-9-3-4-10(2)11(7-9)12-5-6-13-16-17-14(8-15)19(13)18-12/h3-7H,8,15H2,1-2H3. The first-order valence-electron chi connectivity index (χ1n) is 6.18. The molecule has 0 aliphatic heterocycles. The van der Waals surface area contributed by atoms with Crippen LogP contribution in [0, 0.1) is 13.8 Å². The van der Waals surface area contributed by atoms with Crippen LogP contribution in [0.4, 0.5) is 0 Å². The predicted octanol–water partition coefficient (Wildman–Crippen LogP) is 1.87. The molecule has 96 valence electrons. The van der Waals surface area contributed by atoms with Crippen LogP contribution in [-0.2, 0) is 6.54 Å². The smallest absolute Gasteiger partial charge is 0.177 e. The molecule has 0 spiro atoms. The summed E-state index contributed by atoms with van der Waals surface area (Å²) in [4.78, 5) is 0. The zero-order valence-electron chi connectivity index (χ0n) is 11.0. The van der Waals surface area contributed by atoms with Crippen molar-refractivity contribution in [1.29, 1.82) is 0 Å². The predicted molar refractivity (Wildman–Crippen MR) is 73.6 cm³/mol. The van der Waals surface area contributed by atoms with Gasteiger partial charge in [0.05, 0.1) is 12.2 Å². The van der Waals surface area contributed by atoms with E-state index < -0.39 is 0 Å². The van der Waals surface area contributed by atoms with Gasteiger partial charge in [0, 0.05) is 5.56 Å². The van der Waals surface area contributed by atoms with Crippen LogP contribution < -0.4 is 5.73 Å². The Bertz CT molecular complexity index is 745. The number of hydrogen-bond acceptors (Lipinski definition) is 4. The molecule has 0 atom stereocenters. The Morgan fingerprint density at radius 3 is 2.74 bits per heavy atom. The van der Waals surface area contributed by atoms with E-state index in [1.807, 2.05) is 12.1 Å². The highest BCUT2D eigenvalue weighted by atomic mass is 15.4. The molecule has 0 aliphatic rings. The van der Waals surface area contributed by atoms with Crippen LogP contribution in [0.2, 0.25) is 0 Å². The molecule has 0 fully saturated rings. The summed E-state index contributed by atoms with van der Waals surface area (Å²) in [7, 11) is 0. The molecular formula is C14H15N5. The second-order valence-electron chi connectivity index (χ2n) is 4.63. The first kappa shape index (κ1) is 11.8. The van der Waals surface area contributed by atoms with Gasteiger partial charge in [-0.15, -0.1) is 10.2 Å². The summed E-state index contributed by atoms with van der Waals surface area (Å²) in [6.07, 6.45) is 0. The van der Waals surface area contributed by atoms with Crippen LogP contribution in [-0.4, -0.2) is 19.8 Å². The molecule has 3 aromatic rings. The third-order valence-corrected chi connectivity index (χ3v) is 3.18. The third-order valence-electron chi connectivity index (χ3n) is 3.18. The second-order valence-corrected chi connectivity index (χ2v) is 4.63. The van der Waals surface area contributed by atoms with Gasteiger partial charge in [0.2, 0.25) is 0 Å². The molecule has 0 radical (unpaired) electrons. The molecule has 3 rings (SSSR count). The van der Waals surface area contributed by atoms with Crippen LogP contribution in [0.1, 0.15) is 17.0 Å². The summed E-state index contributed by atoms with van der Waals surface area (Å²) in [6.45, 7) is 4.48. The quantitative estimate of drug-likeness (QED) is 0.757. The number of fused-ring (bicyclic) bond motifs is 1. The molecule has 2 heterocycles. The number of rotatable bonds is 2. The fourth-order valence-corrected chi connectivity index (χ4v) is 2.12. The third kappa shape index (κ3) is 1.98. The highest BCUT2D eigenvalue weighted by molar-refractivity contribution is 5.65. The van der Waals surface area contributed by atoms with Gasteiger partial charge in [0.15, 0.2) is 11.5 Å². The molecule has 2 N–H and O–H groups in total. The van der Waals surface area contributed by atoms with E-state index in [0.29, 0.717) is 12.4 Å². The Morgan fingerprint density at radius 2 is 1.95 bits per heavy atom. The maximum absolute atomic E-state index is 5.64. The van der Waals surface area contributed by atoms with E-state index in [2.05, 4.69) is 47.3 Å². The number of aryl methyl sites for hydroxylation is 2. The van der Waals surface area contributed by atoms with E-state index in [1.54, 1.807) is 4.52 Å². The van der Waals surface area contributed by atoms with Crippen molar-refractivity contribution in [3.63, 3.8) is 0 Å². The van der Waals surface area contributed by atoms with Crippen LogP contribution in [0.3, 0.4) is 0 Å². The van der Waals surface area contributed by atoms with Gasteiger partial charge >= 0.3 is 0 Å². The number of benzene rings is 1. The van der Waals surface area contributed by atoms with Crippen molar-refractivity contribution >= 4 is 5.65 Å². The largest absolute Gasteiger partial charge is 0.324 e. The maximum Gasteiger partial charge on any atom is 0.177 e. The monoisotopic (exact) mass is 253 g/mol. The molecular weight excluding hydrogens is 238 g/mol. The van der Waals surface area contributed by atoms with Gasteiger partial charge < -0.3 is 5.73 Å². The van der Waals surface area contributed by atoms with Crippen LogP contribution in [0.5, 0.6) is 0 Å². The Kier molecular flexibility index (Phi) is 2.76. The molecule has 0 saturated heterocycles. The van der Waals surface area contributed by atoms with E-state index in [4.69, 9.17) is 5.73 Å². The summed E-state index contributed by atoms with van der Waals surface area (Å²) in [6, 6.07) is 10.2. The summed E-state index contributed by atoms with van der Waals surface area (Å²) in [5.41, 5.74) is 10.8. The zero-order valence-corrected chi connectivity index (χ0v) is 11.0. The van der Waals surface area contributed by atoms with Crippen molar-refractivity contribution in [2.45, 2.75) is 20.4 Å². The maximum atomic E-state index is 5.64. The minimum absolute atomic E-state index is 0.324. The van der Waals surface area contributed by atoms with Crippen molar-refractivity contribution in [1.82, 2.24) is 19.8 Å². The number of aromatic nitrogens is 4. The van der Waals surface area contributed by atoms with Gasteiger partial charge in [-0.3, -0.25) is 0 Å². The van der Waals surface area contributed by atoms with Crippen LogP contribution in [0.25, 0.3) is 16.9 Å². The summed E-state index contributed by atoms with van der Waals surface area (Å²) >= 11 is 0. The Labute approximate surface area is 111 Å². The van der Waals surface area contributed by atoms with Gasteiger partial charge in [-0.05, 0) is 37.6 Å². The van der Waals surface area contributed by atoms with E-state index in [0.717, 1.165) is 16.9 Å². The summed E-state index contributed by atoms with van der Waals surface area (Å²) in [5, 5.41) is 12.6. The molecule has 0 saturated carbocycles. The molecule has 2 aromatic heterocycles. The van der Waals surface area contributed by atoms with Gasteiger partial charge in [-0.2, -0.15) is 9.61 Å². The molecule has 0 bridgehead atoms. The fraction of sp³-hybridized carbons (Fsp3) is 0.214. The van der Waals surface area contributed by atoms with Gasteiger partial charge in [0.1, 0.15) is 0 Å². The average Bonchev–Trinajstić information content (AvgIpc) is 2.83. The lowest BCUT2D eigenvalue weighted by atomic mass is 10.0. The number of hydrogen-bond donors (Lipinski definition) is 1. The topological polar surface area (TPSA) is 69.1 Å². The minimum atomic E-state index is 0.324. The zero-order chi connectivity index (χ0) is 13.4. The normalized spacial score (nSPS) is 11.1. The van der Waals surface area contributed by atoms with Crippen molar-refractivity contribution in [3.05, 3.63) is 47.3 Å². The molecule has 0 unspecified atom stereocenters. The molecule has 5 nitrogen and oxygen atoms in total. The first-order chi connectivity index (χ1) is 9.19. The molecule has 19 heavy (non-hydrogen) atoms. The lowest BCUT2D eigenvalue weighted by Crippen LogP contribution is -2.05. The highest BCUT2D eigenvalue weighted by Gasteiger charge is 2.09. The van der Waals surface area contributed by atoms with E-state index in [-0.39, 0.29) is 0 Å². The van der Waals surface area contributed by atoms with E-state index in [9.17, 15) is 0 Å². The SMILES string of the molecule is Cc1ccc(C)c(-c2ccc3nnc(CN)n3n2)c1. The Morgan fingerprint density at radius 1 is 1.11 bits per heavy atom. The summed E-state index contributed by atoms with van der Waals surface area (Å²) < 4.78 is 1.71. The van der Waals surface area contributed by atoms with Gasteiger partial charge in [0.25, 0.3) is 0 Å². The highest BCUT2D eigenvalue weighted by Crippen LogP contribution is 2.22. The van der Waals surface area contributed by atoms with Crippen LogP contribution >= 0.6 is 0 Å². The molecule has 1 aromatic carbocycles. The fourth-order valence-electron chi connectivity index (χ4n) is 2.12. The minimum Gasteiger partial charge on any atom is -0.324 e. The van der Waals surface area contributed by atoms with Crippen molar-refractivity contribution in [2.24, 2.45) is 5.73 Å². The lowest BCUT2D eigenvalue weighted by Gasteiger charge is -2.07. The molecule has 0 amide bonds. The van der Waals surface area contributed by atoms with E-state index in [1.165, 1.54) is 11.1 Å². The van der Waals surface area contributed by atoms with Crippen molar-refractivity contribution < 1.29 is 0 Å². The Balaban J connectivity index is 2.22. The second kappa shape index (κ2) is 4.44. The van der Waals surface area contributed by atoms with Crippen LogP contribution in [0.15, 0.2) is 30.3 Å².